The highest BCUT2D eigenvalue weighted by Gasteiger charge is 2.19. The third kappa shape index (κ3) is 5.62. The van der Waals surface area contributed by atoms with E-state index in [-0.39, 0.29) is 0 Å². The van der Waals surface area contributed by atoms with E-state index in [1.54, 1.807) is 0 Å². The zero-order valence-corrected chi connectivity index (χ0v) is 32.8. The smallest absolute Gasteiger partial charge is 0.144 e. The third-order valence-corrected chi connectivity index (χ3v) is 13.0. The number of nitrogens with zero attached hydrogens (tertiary/aromatic N) is 1. The number of para-hydroxylation sites is 1. The lowest BCUT2D eigenvalue weighted by molar-refractivity contribution is 0.673. The largest absolute Gasteiger partial charge is 0.455 e. The van der Waals surface area contributed by atoms with Gasteiger partial charge in [0.1, 0.15) is 11.2 Å². The number of hydrogen-bond donors (Lipinski definition) is 0. The molecule has 0 atom stereocenters. The molecule has 0 spiro atoms. The average molecular weight is 770 g/mol. The first-order chi connectivity index (χ1) is 29.2. The SMILES string of the molecule is c1ccc(-c2ccc(N(c3ccc(-c4ccc5c(ccc6ccccc65)c4)cc3)c3ccc(-c4cccc5sc6ccc7c8ccccc8oc7c6c45)cc3)cc2)cc1. The molecule has 0 saturated carbocycles. The molecule has 0 unspecified atom stereocenters. The Bertz CT molecular complexity index is 3530. The molecule has 0 radical (unpaired) electrons. The van der Waals surface area contributed by atoms with Crippen LogP contribution in [0.15, 0.2) is 217 Å². The Balaban J connectivity index is 0.949. The van der Waals surface area contributed by atoms with Gasteiger partial charge in [-0.3, -0.25) is 0 Å². The lowest BCUT2D eigenvalue weighted by Gasteiger charge is -2.26. The van der Waals surface area contributed by atoms with Gasteiger partial charge in [-0.25, -0.2) is 0 Å². The molecule has 0 aliphatic heterocycles. The van der Waals surface area contributed by atoms with Crippen molar-refractivity contribution in [1.82, 2.24) is 0 Å². The van der Waals surface area contributed by atoms with Crippen LogP contribution in [0.25, 0.3) is 97.0 Å². The second-order valence-electron chi connectivity index (χ2n) is 15.3. The molecule has 2 aromatic heterocycles. The number of furan rings is 1. The van der Waals surface area contributed by atoms with Crippen LogP contribution < -0.4 is 4.90 Å². The molecule has 3 heteroatoms. The van der Waals surface area contributed by atoms with Crippen molar-refractivity contribution >= 4 is 92.1 Å². The molecule has 0 saturated heterocycles. The number of anilines is 3. The first-order valence-corrected chi connectivity index (χ1v) is 20.9. The summed E-state index contributed by atoms with van der Waals surface area (Å²) in [5.41, 5.74) is 12.3. The summed E-state index contributed by atoms with van der Waals surface area (Å²) in [5.74, 6) is 0. The summed E-state index contributed by atoms with van der Waals surface area (Å²) < 4.78 is 9.08. The van der Waals surface area contributed by atoms with Crippen LogP contribution in [0.3, 0.4) is 0 Å². The summed E-state index contributed by atoms with van der Waals surface area (Å²) in [6.07, 6.45) is 0. The summed E-state index contributed by atoms with van der Waals surface area (Å²) in [6, 6.07) is 76.9. The van der Waals surface area contributed by atoms with Crippen LogP contribution in [0.5, 0.6) is 0 Å². The monoisotopic (exact) mass is 769 g/mol. The van der Waals surface area contributed by atoms with Gasteiger partial charge in [0.2, 0.25) is 0 Å². The van der Waals surface area contributed by atoms with E-state index in [9.17, 15) is 0 Å². The molecule has 0 amide bonds. The van der Waals surface area contributed by atoms with Gasteiger partial charge in [-0.2, -0.15) is 0 Å². The highest BCUT2D eigenvalue weighted by molar-refractivity contribution is 7.26. The van der Waals surface area contributed by atoms with Crippen molar-refractivity contribution in [2.75, 3.05) is 4.90 Å². The fourth-order valence-electron chi connectivity index (χ4n) is 8.99. The van der Waals surface area contributed by atoms with Crippen LogP contribution in [-0.4, -0.2) is 0 Å². The summed E-state index contributed by atoms with van der Waals surface area (Å²) >= 11 is 1.83. The highest BCUT2D eigenvalue weighted by atomic mass is 32.1. The summed E-state index contributed by atoms with van der Waals surface area (Å²) in [6.45, 7) is 0. The van der Waals surface area contributed by atoms with E-state index in [1.165, 1.54) is 75.1 Å². The molecular weight excluding hydrogens is 735 g/mol. The molecule has 0 N–H and O–H groups in total. The van der Waals surface area contributed by atoms with Gasteiger partial charge in [0.05, 0.1) is 0 Å². The molecule has 0 aliphatic rings. The van der Waals surface area contributed by atoms with Crippen molar-refractivity contribution < 1.29 is 4.42 Å². The second kappa shape index (κ2) is 13.6. The van der Waals surface area contributed by atoms with Crippen LogP contribution in [-0.2, 0) is 0 Å². The predicted molar refractivity (Wildman–Crippen MR) is 253 cm³/mol. The minimum Gasteiger partial charge on any atom is -0.455 e. The van der Waals surface area contributed by atoms with Gasteiger partial charge >= 0.3 is 0 Å². The topological polar surface area (TPSA) is 16.4 Å². The lowest BCUT2D eigenvalue weighted by Crippen LogP contribution is -2.09. The normalized spacial score (nSPS) is 11.7. The Morgan fingerprint density at radius 1 is 0.339 bits per heavy atom. The molecule has 0 aliphatic carbocycles. The van der Waals surface area contributed by atoms with E-state index in [4.69, 9.17) is 4.42 Å². The fourth-order valence-corrected chi connectivity index (χ4v) is 10.1. The molecule has 12 rings (SSSR count). The maximum atomic E-state index is 6.58. The number of fused-ring (bicyclic) bond motifs is 10. The van der Waals surface area contributed by atoms with E-state index in [0.717, 1.165) is 39.0 Å². The Morgan fingerprint density at radius 2 is 0.898 bits per heavy atom. The molecule has 2 heterocycles. The van der Waals surface area contributed by atoms with Gasteiger partial charge in [-0.05, 0) is 122 Å². The Morgan fingerprint density at radius 3 is 1.66 bits per heavy atom. The molecule has 0 bridgehead atoms. The first-order valence-electron chi connectivity index (χ1n) is 20.1. The van der Waals surface area contributed by atoms with Crippen molar-refractivity contribution in [3.05, 3.63) is 212 Å². The van der Waals surface area contributed by atoms with Gasteiger partial charge in [0, 0.05) is 48.0 Å². The highest BCUT2D eigenvalue weighted by Crippen LogP contribution is 2.46. The Labute approximate surface area is 345 Å². The van der Waals surface area contributed by atoms with Crippen LogP contribution in [0.2, 0.25) is 0 Å². The van der Waals surface area contributed by atoms with Crippen LogP contribution in [0, 0.1) is 0 Å². The van der Waals surface area contributed by atoms with Crippen LogP contribution >= 0.6 is 11.3 Å². The van der Waals surface area contributed by atoms with Crippen molar-refractivity contribution in [3.8, 4) is 33.4 Å². The average Bonchev–Trinajstić information content (AvgIpc) is 3.89. The van der Waals surface area contributed by atoms with Crippen molar-refractivity contribution in [2.45, 2.75) is 0 Å². The van der Waals surface area contributed by atoms with Crippen LogP contribution in [0.4, 0.5) is 17.1 Å². The molecular formula is C56H35NOS. The van der Waals surface area contributed by atoms with Crippen LogP contribution in [0.1, 0.15) is 0 Å². The lowest BCUT2D eigenvalue weighted by atomic mass is 9.97. The van der Waals surface area contributed by atoms with Gasteiger partial charge in [0.25, 0.3) is 0 Å². The van der Waals surface area contributed by atoms with Crippen molar-refractivity contribution in [2.24, 2.45) is 0 Å². The predicted octanol–water partition coefficient (Wildman–Crippen LogP) is 16.7. The van der Waals surface area contributed by atoms with E-state index in [0.29, 0.717) is 0 Å². The Kier molecular flexibility index (Phi) is 7.75. The fraction of sp³-hybridized carbons (Fsp3) is 0. The first kappa shape index (κ1) is 33.7. The third-order valence-electron chi connectivity index (χ3n) is 11.9. The molecule has 10 aromatic carbocycles. The van der Waals surface area contributed by atoms with Crippen molar-refractivity contribution in [1.29, 1.82) is 0 Å². The van der Waals surface area contributed by atoms with E-state index < -0.39 is 0 Å². The molecule has 12 aromatic rings. The maximum Gasteiger partial charge on any atom is 0.144 e. The number of rotatable bonds is 6. The zero-order chi connectivity index (χ0) is 38.9. The molecule has 0 fully saturated rings. The minimum atomic E-state index is 0.923. The van der Waals surface area contributed by atoms with E-state index >= 15 is 0 Å². The minimum absolute atomic E-state index is 0.923. The molecule has 59 heavy (non-hydrogen) atoms. The standard InChI is InChI=1S/C56H35NOS/c1-2-9-36(10-3-1)37-19-26-43(27-20-37)57(44-28-21-38(22-29-44)41-25-32-47-42(35-41)18-17-39-11-4-5-12-46(39)47)45-30-23-40(24-31-45)48-14-8-16-52-54(48)55-53(59-52)34-33-50-49-13-6-7-15-51(49)58-56(50)55/h1-35H. The number of benzene rings is 10. The Hall–Kier alpha value is -7.46. The summed E-state index contributed by atoms with van der Waals surface area (Å²) in [5, 5.41) is 9.84. The second-order valence-corrected chi connectivity index (χ2v) is 16.3. The quantitative estimate of drug-likeness (QED) is 0.157. The summed E-state index contributed by atoms with van der Waals surface area (Å²) in [4.78, 5) is 2.35. The number of thiophene rings is 1. The van der Waals surface area contributed by atoms with Gasteiger partial charge < -0.3 is 9.32 Å². The van der Waals surface area contributed by atoms with Gasteiger partial charge in [-0.1, -0.05) is 146 Å². The maximum absolute atomic E-state index is 6.58. The van der Waals surface area contributed by atoms with E-state index in [1.807, 2.05) is 17.4 Å². The van der Waals surface area contributed by atoms with Crippen molar-refractivity contribution in [3.63, 3.8) is 0 Å². The van der Waals surface area contributed by atoms with E-state index in [2.05, 4.69) is 211 Å². The number of hydrogen-bond acceptors (Lipinski definition) is 3. The summed E-state index contributed by atoms with van der Waals surface area (Å²) in [7, 11) is 0. The molecule has 2 nitrogen and oxygen atoms in total. The zero-order valence-electron chi connectivity index (χ0n) is 32.0. The molecule has 276 valence electrons. The van der Waals surface area contributed by atoms with Gasteiger partial charge in [0.15, 0.2) is 0 Å². The van der Waals surface area contributed by atoms with Gasteiger partial charge in [-0.15, -0.1) is 11.3 Å².